The van der Waals surface area contributed by atoms with E-state index in [4.69, 9.17) is 4.74 Å². The van der Waals surface area contributed by atoms with E-state index < -0.39 is 0 Å². The van der Waals surface area contributed by atoms with Crippen LogP contribution < -0.4 is 5.32 Å². The molecule has 0 bridgehead atoms. The van der Waals surface area contributed by atoms with Crippen LogP contribution in [-0.2, 0) is 11.3 Å². The second-order valence-electron chi connectivity index (χ2n) is 4.94. The lowest BCUT2D eigenvalue weighted by atomic mass is 10.1. The zero-order valence-corrected chi connectivity index (χ0v) is 14.0. The largest absolute Gasteiger partial charge is 0.465 e. The van der Waals surface area contributed by atoms with Crippen molar-refractivity contribution in [2.24, 2.45) is 0 Å². The second-order valence-corrected chi connectivity index (χ2v) is 5.80. The average Bonchev–Trinajstić information content (AvgIpc) is 2.45. The summed E-state index contributed by atoms with van der Waals surface area (Å²) in [6.45, 7) is 4.69. The average molecular weight is 348 g/mol. The quantitative estimate of drug-likeness (QED) is 0.829. The molecular weight excluding hydrogens is 330 g/mol. The van der Waals surface area contributed by atoms with Gasteiger partial charge < -0.3 is 10.1 Å². The van der Waals surface area contributed by atoms with Crippen molar-refractivity contribution in [1.82, 2.24) is 0 Å². The van der Waals surface area contributed by atoms with Crippen molar-refractivity contribution < 1.29 is 9.53 Å². The Labute approximate surface area is 133 Å². The Morgan fingerprint density at radius 3 is 2.62 bits per heavy atom. The number of methoxy groups -OCH3 is 1. The van der Waals surface area contributed by atoms with E-state index in [9.17, 15) is 4.79 Å². The van der Waals surface area contributed by atoms with Crippen LogP contribution in [0.3, 0.4) is 0 Å². The smallest absolute Gasteiger partial charge is 0.338 e. The van der Waals surface area contributed by atoms with E-state index in [2.05, 4.69) is 47.2 Å². The molecule has 0 amide bonds. The number of hydrogen-bond donors (Lipinski definition) is 1. The van der Waals surface area contributed by atoms with E-state index >= 15 is 0 Å². The van der Waals surface area contributed by atoms with Gasteiger partial charge in [-0.1, -0.05) is 24.3 Å². The Bertz CT molecular complexity index is 645. The van der Waals surface area contributed by atoms with Crippen molar-refractivity contribution in [2.75, 3.05) is 12.4 Å². The lowest BCUT2D eigenvalue weighted by Crippen LogP contribution is -2.09. The molecule has 0 unspecified atom stereocenters. The van der Waals surface area contributed by atoms with Gasteiger partial charge in [0.25, 0.3) is 0 Å². The van der Waals surface area contributed by atoms with Gasteiger partial charge in [0.1, 0.15) is 0 Å². The zero-order chi connectivity index (χ0) is 15.4. The fraction of sp³-hybridized carbons (Fsp3) is 0.235. The van der Waals surface area contributed by atoms with E-state index in [1.165, 1.54) is 12.7 Å². The fourth-order valence-electron chi connectivity index (χ4n) is 2.31. The molecule has 0 radical (unpaired) electrons. The molecule has 2 aromatic rings. The lowest BCUT2D eigenvalue weighted by molar-refractivity contribution is 0.0599. The number of esters is 1. The first-order chi connectivity index (χ1) is 10.0. The molecule has 21 heavy (non-hydrogen) atoms. The molecule has 0 heterocycles. The molecule has 0 fully saturated rings. The number of halogens is 1. The molecule has 0 aliphatic carbocycles. The summed E-state index contributed by atoms with van der Waals surface area (Å²) in [7, 11) is 1.40. The molecule has 0 aromatic heterocycles. The summed E-state index contributed by atoms with van der Waals surface area (Å²) in [5, 5.41) is 3.39. The van der Waals surface area contributed by atoms with Crippen molar-refractivity contribution in [2.45, 2.75) is 20.4 Å². The Balaban J connectivity index is 2.23. The molecule has 3 nitrogen and oxygen atoms in total. The molecule has 0 atom stereocenters. The van der Waals surface area contributed by atoms with Crippen LogP contribution in [0.2, 0.25) is 0 Å². The van der Waals surface area contributed by atoms with E-state index in [1.807, 2.05) is 18.2 Å². The highest BCUT2D eigenvalue weighted by Crippen LogP contribution is 2.28. The normalized spacial score (nSPS) is 10.3. The first kappa shape index (κ1) is 15.6. The minimum atomic E-state index is -0.313. The van der Waals surface area contributed by atoms with E-state index in [-0.39, 0.29) is 5.97 Å². The Morgan fingerprint density at radius 2 is 1.95 bits per heavy atom. The molecule has 0 spiro atoms. The summed E-state index contributed by atoms with van der Waals surface area (Å²) < 4.78 is 5.84. The number of aryl methyl sites for hydroxylation is 2. The van der Waals surface area contributed by atoms with Crippen molar-refractivity contribution >= 4 is 27.6 Å². The van der Waals surface area contributed by atoms with Gasteiger partial charge in [-0.05, 0) is 58.6 Å². The van der Waals surface area contributed by atoms with Gasteiger partial charge in [0.15, 0.2) is 0 Å². The molecule has 1 N–H and O–H groups in total. The van der Waals surface area contributed by atoms with Gasteiger partial charge in [-0.3, -0.25) is 0 Å². The number of carbonyl (C=O) groups is 1. The molecule has 4 heteroatoms. The van der Waals surface area contributed by atoms with Gasteiger partial charge in [-0.25, -0.2) is 4.79 Å². The number of carbonyl (C=O) groups excluding carboxylic acids is 1. The van der Waals surface area contributed by atoms with Crippen molar-refractivity contribution in [3.8, 4) is 0 Å². The van der Waals surface area contributed by atoms with Crippen LogP contribution in [0, 0.1) is 13.8 Å². The number of nitrogens with one attached hydrogen (secondary N) is 1. The molecule has 0 saturated carbocycles. The molecule has 0 aliphatic heterocycles. The van der Waals surface area contributed by atoms with Gasteiger partial charge >= 0.3 is 5.97 Å². The highest BCUT2D eigenvalue weighted by Gasteiger charge is 2.11. The highest BCUT2D eigenvalue weighted by molar-refractivity contribution is 9.10. The third-order valence-corrected chi connectivity index (χ3v) is 3.94. The third-order valence-electron chi connectivity index (χ3n) is 3.31. The van der Waals surface area contributed by atoms with Gasteiger partial charge in [0.2, 0.25) is 0 Å². The van der Waals surface area contributed by atoms with Crippen molar-refractivity contribution in [1.29, 1.82) is 0 Å². The first-order valence-corrected chi connectivity index (χ1v) is 7.49. The van der Waals surface area contributed by atoms with Crippen LogP contribution >= 0.6 is 15.9 Å². The molecular formula is C17H18BrNO2. The first-order valence-electron chi connectivity index (χ1n) is 6.69. The number of hydrogen-bond acceptors (Lipinski definition) is 3. The van der Waals surface area contributed by atoms with Crippen molar-refractivity contribution in [3.05, 3.63) is 63.1 Å². The Morgan fingerprint density at radius 1 is 1.24 bits per heavy atom. The predicted octanol–water partition coefficient (Wildman–Crippen LogP) is 4.46. The van der Waals surface area contributed by atoms with E-state index in [1.54, 1.807) is 6.07 Å². The van der Waals surface area contributed by atoms with Crippen LogP contribution in [-0.4, -0.2) is 13.1 Å². The summed E-state index contributed by atoms with van der Waals surface area (Å²) in [6, 6.07) is 11.7. The molecule has 110 valence electrons. The van der Waals surface area contributed by atoms with Gasteiger partial charge in [-0.15, -0.1) is 0 Å². The molecule has 2 rings (SSSR count). The summed E-state index contributed by atoms with van der Waals surface area (Å²) in [5.74, 6) is -0.313. The summed E-state index contributed by atoms with van der Waals surface area (Å²) >= 11 is 3.58. The van der Waals surface area contributed by atoms with Crippen LogP contribution in [0.15, 0.2) is 40.9 Å². The van der Waals surface area contributed by atoms with E-state index in [0.717, 1.165) is 21.3 Å². The summed E-state index contributed by atoms with van der Waals surface area (Å²) in [5.41, 5.74) is 4.92. The fourth-order valence-corrected chi connectivity index (χ4v) is 3.12. The number of rotatable bonds is 4. The predicted molar refractivity (Wildman–Crippen MR) is 88.7 cm³/mol. The zero-order valence-electron chi connectivity index (χ0n) is 12.4. The Kier molecular flexibility index (Phi) is 5.02. The molecule has 0 aliphatic rings. The second kappa shape index (κ2) is 6.76. The SMILES string of the molecule is COC(=O)c1ccccc1CNc1c(C)cc(C)cc1Br. The lowest BCUT2D eigenvalue weighted by Gasteiger charge is -2.14. The Hall–Kier alpha value is -1.81. The third kappa shape index (κ3) is 3.64. The van der Waals surface area contributed by atoms with Gasteiger partial charge in [0, 0.05) is 11.0 Å². The highest BCUT2D eigenvalue weighted by atomic mass is 79.9. The minimum absolute atomic E-state index is 0.313. The standard InChI is InChI=1S/C17H18BrNO2/c1-11-8-12(2)16(15(18)9-11)19-10-13-6-4-5-7-14(13)17(20)21-3/h4-9,19H,10H2,1-3H3. The number of anilines is 1. The van der Waals surface area contributed by atoms with Crippen LogP contribution in [0.4, 0.5) is 5.69 Å². The maximum Gasteiger partial charge on any atom is 0.338 e. The summed E-state index contributed by atoms with van der Waals surface area (Å²) in [4.78, 5) is 11.8. The topological polar surface area (TPSA) is 38.3 Å². The van der Waals surface area contributed by atoms with Crippen LogP contribution in [0.25, 0.3) is 0 Å². The minimum Gasteiger partial charge on any atom is -0.465 e. The van der Waals surface area contributed by atoms with Gasteiger partial charge in [0.05, 0.1) is 18.4 Å². The van der Waals surface area contributed by atoms with Crippen LogP contribution in [0.5, 0.6) is 0 Å². The molecule has 0 saturated heterocycles. The maximum atomic E-state index is 11.8. The monoisotopic (exact) mass is 347 g/mol. The maximum absolute atomic E-state index is 11.8. The van der Waals surface area contributed by atoms with Crippen LogP contribution in [0.1, 0.15) is 27.0 Å². The number of ether oxygens (including phenoxy) is 1. The molecule has 2 aromatic carbocycles. The van der Waals surface area contributed by atoms with E-state index in [0.29, 0.717) is 12.1 Å². The van der Waals surface area contributed by atoms with Crippen molar-refractivity contribution in [3.63, 3.8) is 0 Å². The number of benzene rings is 2. The summed E-state index contributed by atoms with van der Waals surface area (Å²) in [6.07, 6.45) is 0. The van der Waals surface area contributed by atoms with Gasteiger partial charge in [-0.2, -0.15) is 0 Å².